The van der Waals surface area contributed by atoms with Gasteiger partial charge in [0.1, 0.15) is 24.1 Å². The zero-order valence-electron chi connectivity index (χ0n) is 7.60. The SMILES string of the molecule is C[B]c1cc(O)c2nc(N)nnc2c1. The van der Waals surface area contributed by atoms with Crippen molar-refractivity contribution in [1.82, 2.24) is 15.2 Å². The van der Waals surface area contributed by atoms with E-state index in [-0.39, 0.29) is 11.7 Å². The van der Waals surface area contributed by atoms with Gasteiger partial charge in [0.15, 0.2) is 0 Å². The maximum absolute atomic E-state index is 9.60. The molecule has 0 bridgehead atoms. The number of hydrogen-bond acceptors (Lipinski definition) is 5. The van der Waals surface area contributed by atoms with Gasteiger partial charge in [-0.05, 0) is 12.1 Å². The van der Waals surface area contributed by atoms with Gasteiger partial charge in [0.2, 0.25) is 5.95 Å². The Hall–Kier alpha value is -1.85. The number of aromatic nitrogens is 3. The molecular weight excluding hydrogens is 179 g/mol. The first-order valence-corrected chi connectivity index (χ1v) is 4.13. The number of anilines is 1. The zero-order valence-corrected chi connectivity index (χ0v) is 7.60. The van der Waals surface area contributed by atoms with Crippen molar-refractivity contribution in [3.05, 3.63) is 12.1 Å². The normalized spacial score (nSPS) is 10.4. The monoisotopic (exact) mass is 187 g/mol. The largest absolute Gasteiger partial charge is 0.506 e. The molecule has 69 valence electrons. The molecule has 1 radical (unpaired) electrons. The molecule has 2 aromatic rings. The topological polar surface area (TPSA) is 84.9 Å². The van der Waals surface area contributed by atoms with Crippen LogP contribution < -0.4 is 11.2 Å². The second-order valence-corrected chi connectivity index (χ2v) is 2.87. The van der Waals surface area contributed by atoms with Crippen molar-refractivity contribution in [3.8, 4) is 5.75 Å². The minimum atomic E-state index is 0.0565. The number of aromatic hydroxyl groups is 1. The Labute approximate surface area is 81.2 Å². The number of hydrogen-bond donors (Lipinski definition) is 2. The van der Waals surface area contributed by atoms with E-state index in [2.05, 4.69) is 15.2 Å². The molecule has 6 heteroatoms. The van der Waals surface area contributed by atoms with Crippen molar-refractivity contribution < 1.29 is 5.11 Å². The van der Waals surface area contributed by atoms with Crippen LogP contribution in [0.15, 0.2) is 12.1 Å². The minimum Gasteiger partial charge on any atom is -0.506 e. The molecule has 3 N–H and O–H groups in total. The summed E-state index contributed by atoms with van der Waals surface area (Å²) in [6.07, 6.45) is 0. The molecular formula is C8H8BN4O. The van der Waals surface area contributed by atoms with Crippen molar-refractivity contribution in [1.29, 1.82) is 0 Å². The number of phenols is 1. The van der Waals surface area contributed by atoms with Crippen molar-refractivity contribution in [2.45, 2.75) is 6.82 Å². The summed E-state index contributed by atoms with van der Waals surface area (Å²) in [6.45, 7) is 1.87. The highest BCUT2D eigenvalue weighted by molar-refractivity contribution is 6.52. The highest BCUT2D eigenvalue weighted by Gasteiger charge is 2.06. The van der Waals surface area contributed by atoms with Crippen LogP contribution in [0.3, 0.4) is 0 Å². The van der Waals surface area contributed by atoms with E-state index in [4.69, 9.17) is 5.73 Å². The summed E-state index contributed by atoms with van der Waals surface area (Å²) in [5, 5.41) is 17.0. The van der Waals surface area contributed by atoms with E-state index < -0.39 is 0 Å². The Morgan fingerprint density at radius 3 is 2.86 bits per heavy atom. The Morgan fingerprint density at radius 2 is 2.14 bits per heavy atom. The summed E-state index contributed by atoms with van der Waals surface area (Å²) in [7, 11) is 1.86. The van der Waals surface area contributed by atoms with Gasteiger partial charge in [-0.25, -0.2) is 4.98 Å². The molecule has 0 saturated heterocycles. The molecule has 0 unspecified atom stereocenters. The highest BCUT2D eigenvalue weighted by atomic mass is 16.3. The average molecular weight is 187 g/mol. The molecule has 0 amide bonds. The number of nitrogens with two attached hydrogens (primary N) is 1. The van der Waals surface area contributed by atoms with Gasteiger partial charge in [-0.1, -0.05) is 12.3 Å². The van der Waals surface area contributed by atoms with Crippen LogP contribution in [-0.4, -0.2) is 27.6 Å². The Bertz CT molecular complexity index is 488. The predicted molar refractivity (Wildman–Crippen MR) is 54.7 cm³/mol. The molecule has 1 heterocycles. The summed E-state index contributed by atoms with van der Waals surface area (Å²) in [5.41, 5.74) is 7.14. The van der Waals surface area contributed by atoms with E-state index in [1.807, 2.05) is 14.1 Å². The van der Waals surface area contributed by atoms with E-state index in [9.17, 15) is 5.11 Å². The quantitative estimate of drug-likeness (QED) is 0.598. The molecule has 0 aliphatic carbocycles. The van der Waals surface area contributed by atoms with Crippen LogP contribution in [0.2, 0.25) is 6.82 Å². The fraction of sp³-hybridized carbons (Fsp3) is 0.125. The molecule has 1 aromatic heterocycles. The van der Waals surface area contributed by atoms with Crippen LogP contribution in [0.4, 0.5) is 5.95 Å². The van der Waals surface area contributed by atoms with E-state index in [0.29, 0.717) is 11.0 Å². The van der Waals surface area contributed by atoms with Gasteiger partial charge in [0, 0.05) is 0 Å². The first-order chi connectivity index (χ1) is 6.70. The van der Waals surface area contributed by atoms with Gasteiger partial charge in [-0.2, -0.15) is 0 Å². The molecule has 0 saturated carbocycles. The summed E-state index contributed by atoms with van der Waals surface area (Å²) >= 11 is 0. The molecule has 14 heavy (non-hydrogen) atoms. The van der Waals surface area contributed by atoms with Crippen molar-refractivity contribution >= 4 is 29.7 Å². The van der Waals surface area contributed by atoms with Crippen molar-refractivity contribution in [3.63, 3.8) is 0 Å². The second kappa shape index (κ2) is 3.14. The molecule has 0 atom stereocenters. The number of rotatable bonds is 1. The number of nitrogen functional groups attached to an aromatic ring is 1. The standard InChI is InChI=1S/C8H8BN4O/c1-9-4-2-5-7(6(14)3-4)11-8(10)13-12-5/h2-3,14H,1H3,(H2,10,11,13). The molecule has 2 rings (SSSR count). The second-order valence-electron chi connectivity index (χ2n) is 2.87. The first-order valence-electron chi connectivity index (χ1n) is 4.13. The van der Waals surface area contributed by atoms with Crippen molar-refractivity contribution in [2.24, 2.45) is 0 Å². The number of fused-ring (bicyclic) bond motifs is 1. The predicted octanol–water partition coefficient (Wildman–Crippen LogP) is -0.310. The third kappa shape index (κ3) is 1.35. The Balaban J connectivity index is 2.76. The van der Waals surface area contributed by atoms with Gasteiger partial charge in [-0.15, -0.1) is 10.2 Å². The molecule has 0 fully saturated rings. The fourth-order valence-electron chi connectivity index (χ4n) is 1.22. The average Bonchev–Trinajstić information content (AvgIpc) is 2.19. The van der Waals surface area contributed by atoms with Gasteiger partial charge >= 0.3 is 0 Å². The van der Waals surface area contributed by atoms with Gasteiger partial charge in [0.05, 0.1) is 0 Å². The van der Waals surface area contributed by atoms with Gasteiger partial charge in [-0.3, -0.25) is 0 Å². The van der Waals surface area contributed by atoms with Gasteiger partial charge < -0.3 is 10.8 Å². The third-order valence-corrected chi connectivity index (χ3v) is 1.91. The number of benzene rings is 1. The number of nitrogens with zero attached hydrogens (tertiary/aromatic N) is 3. The maximum atomic E-state index is 9.60. The lowest BCUT2D eigenvalue weighted by atomic mass is 9.73. The smallest absolute Gasteiger partial charge is 0.240 e. The van der Waals surface area contributed by atoms with Gasteiger partial charge in [0.25, 0.3) is 0 Å². The number of phenolic OH excluding ortho intramolecular Hbond substituents is 1. The third-order valence-electron chi connectivity index (χ3n) is 1.91. The summed E-state index contributed by atoms with van der Waals surface area (Å²) in [4.78, 5) is 3.89. The first kappa shape index (κ1) is 8.74. The summed E-state index contributed by atoms with van der Waals surface area (Å²) < 4.78 is 0. The van der Waals surface area contributed by atoms with Crippen LogP contribution >= 0.6 is 0 Å². The molecule has 0 aliphatic heterocycles. The maximum Gasteiger partial charge on any atom is 0.240 e. The fourth-order valence-corrected chi connectivity index (χ4v) is 1.22. The van der Waals surface area contributed by atoms with E-state index in [1.165, 1.54) is 0 Å². The molecule has 5 nitrogen and oxygen atoms in total. The Kier molecular flexibility index (Phi) is 1.96. The molecule has 0 aliphatic rings. The molecule has 0 spiro atoms. The lowest BCUT2D eigenvalue weighted by molar-refractivity contribution is 0.480. The lowest BCUT2D eigenvalue weighted by Crippen LogP contribution is -2.11. The summed E-state index contributed by atoms with van der Waals surface area (Å²) in [6, 6.07) is 3.39. The minimum absolute atomic E-state index is 0.0565. The van der Waals surface area contributed by atoms with Crippen LogP contribution in [0.25, 0.3) is 11.0 Å². The highest BCUT2D eigenvalue weighted by Crippen LogP contribution is 2.18. The Morgan fingerprint density at radius 1 is 1.36 bits per heavy atom. The van der Waals surface area contributed by atoms with E-state index >= 15 is 0 Å². The van der Waals surface area contributed by atoms with Crippen LogP contribution in [0.1, 0.15) is 0 Å². The zero-order chi connectivity index (χ0) is 10.1. The summed E-state index contributed by atoms with van der Waals surface area (Å²) in [5.74, 6) is 0.123. The van der Waals surface area contributed by atoms with Crippen molar-refractivity contribution in [2.75, 3.05) is 5.73 Å². The molecule has 1 aromatic carbocycles. The van der Waals surface area contributed by atoms with Crippen LogP contribution in [-0.2, 0) is 0 Å². The van der Waals surface area contributed by atoms with E-state index in [1.54, 1.807) is 12.1 Å². The van der Waals surface area contributed by atoms with E-state index in [0.717, 1.165) is 5.46 Å². The van der Waals surface area contributed by atoms with Crippen LogP contribution in [0, 0.1) is 0 Å². The lowest BCUT2D eigenvalue weighted by Gasteiger charge is -2.02. The van der Waals surface area contributed by atoms with Crippen LogP contribution in [0.5, 0.6) is 5.75 Å².